The van der Waals surface area contributed by atoms with Crippen molar-refractivity contribution in [2.75, 3.05) is 10.6 Å². The first-order valence-corrected chi connectivity index (χ1v) is 8.23. The van der Waals surface area contributed by atoms with Crippen molar-refractivity contribution in [3.05, 3.63) is 90.8 Å². The smallest absolute Gasteiger partial charge is 0.255 e. The van der Waals surface area contributed by atoms with E-state index in [1.807, 2.05) is 66.7 Å². The summed E-state index contributed by atoms with van der Waals surface area (Å²) in [4.78, 5) is 20.9. The summed E-state index contributed by atoms with van der Waals surface area (Å²) in [6.07, 6.45) is 1.53. The van der Waals surface area contributed by atoms with Crippen LogP contribution in [-0.2, 0) is 0 Å². The molecule has 0 aliphatic rings. The second kappa shape index (κ2) is 7.03. The Bertz CT molecular complexity index is 1040. The number of carbonyl (C=O) groups is 1. The van der Waals surface area contributed by atoms with Gasteiger partial charge in [0.05, 0.1) is 5.52 Å². The zero-order chi connectivity index (χ0) is 17.8. The number of nitrogens with one attached hydrogen (secondary N) is 2. The Morgan fingerprint density at radius 3 is 2.27 bits per heavy atom. The fourth-order valence-electron chi connectivity index (χ4n) is 2.67. The van der Waals surface area contributed by atoms with Gasteiger partial charge in [0.1, 0.15) is 12.1 Å². The minimum Gasteiger partial charge on any atom is -0.340 e. The third-order valence-electron chi connectivity index (χ3n) is 3.98. The maximum absolute atomic E-state index is 12.3. The normalized spacial score (nSPS) is 10.5. The molecule has 3 aromatic carbocycles. The van der Waals surface area contributed by atoms with Crippen molar-refractivity contribution in [3.63, 3.8) is 0 Å². The van der Waals surface area contributed by atoms with Crippen molar-refractivity contribution in [1.29, 1.82) is 0 Å². The van der Waals surface area contributed by atoms with Crippen LogP contribution < -0.4 is 10.6 Å². The second-order valence-electron chi connectivity index (χ2n) is 5.76. The van der Waals surface area contributed by atoms with E-state index < -0.39 is 0 Å². The molecule has 0 aliphatic carbocycles. The monoisotopic (exact) mass is 340 g/mol. The molecule has 1 heterocycles. The summed E-state index contributed by atoms with van der Waals surface area (Å²) in [7, 11) is 0. The number of amides is 1. The van der Waals surface area contributed by atoms with Crippen molar-refractivity contribution in [2.24, 2.45) is 0 Å². The fourth-order valence-corrected chi connectivity index (χ4v) is 2.67. The van der Waals surface area contributed by atoms with Crippen LogP contribution in [0.4, 0.5) is 17.2 Å². The molecule has 26 heavy (non-hydrogen) atoms. The summed E-state index contributed by atoms with van der Waals surface area (Å²) >= 11 is 0. The maximum Gasteiger partial charge on any atom is 0.255 e. The average molecular weight is 340 g/mol. The van der Waals surface area contributed by atoms with Crippen LogP contribution in [0.1, 0.15) is 10.4 Å². The summed E-state index contributed by atoms with van der Waals surface area (Å²) in [6.45, 7) is 0. The minimum absolute atomic E-state index is 0.143. The van der Waals surface area contributed by atoms with Gasteiger partial charge in [0, 0.05) is 22.3 Å². The van der Waals surface area contributed by atoms with Crippen LogP contribution in [0.3, 0.4) is 0 Å². The number of carbonyl (C=O) groups excluding carboxylic acids is 1. The van der Waals surface area contributed by atoms with Crippen LogP contribution in [0.2, 0.25) is 0 Å². The number of para-hydroxylation sites is 2. The molecule has 1 amide bonds. The fraction of sp³-hybridized carbons (Fsp3) is 0. The Hall–Kier alpha value is -3.73. The Balaban J connectivity index is 1.51. The number of hydrogen-bond donors (Lipinski definition) is 2. The number of fused-ring (bicyclic) bond motifs is 1. The Morgan fingerprint density at radius 2 is 1.46 bits per heavy atom. The van der Waals surface area contributed by atoms with Crippen LogP contribution in [0.15, 0.2) is 85.2 Å². The number of aromatic nitrogens is 2. The molecule has 0 atom stereocenters. The lowest BCUT2D eigenvalue weighted by atomic mass is 10.1. The van der Waals surface area contributed by atoms with Crippen molar-refractivity contribution in [1.82, 2.24) is 9.97 Å². The van der Waals surface area contributed by atoms with Gasteiger partial charge in [0.15, 0.2) is 0 Å². The SMILES string of the molecule is O=C(Nc1ccccc1)c1ccc(Nc2ncnc3ccccc23)cc1. The predicted molar refractivity (Wildman–Crippen MR) is 104 cm³/mol. The van der Waals surface area contributed by atoms with E-state index in [9.17, 15) is 4.79 Å². The Labute approximate surface area is 150 Å². The van der Waals surface area contributed by atoms with E-state index >= 15 is 0 Å². The lowest BCUT2D eigenvalue weighted by Crippen LogP contribution is -2.11. The van der Waals surface area contributed by atoms with E-state index in [2.05, 4.69) is 20.6 Å². The van der Waals surface area contributed by atoms with Crippen LogP contribution in [-0.4, -0.2) is 15.9 Å². The van der Waals surface area contributed by atoms with Crippen molar-refractivity contribution in [3.8, 4) is 0 Å². The van der Waals surface area contributed by atoms with Gasteiger partial charge in [-0.3, -0.25) is 4.79 Å². The largest absolute Gasteiger partial charge is 0.340 e. The molecule has 0 saturated carbocycles. The second-order valence-corrected chi connectivity index (χ2v) is 5.76. The molecule has 5 nitrogen and oxygen atoms in total. The molecule has 0 unspecified atom stereocenters. The van der Waals surface area contributed by atoms with Crippen molar-refractivity contribution >= 4 is 34.0 Å². The van der Waals surface area contributed by atoms with Gasteiger partial charge in [-0.25, -0.2) is 9.97 Å². The third-order valence-corrected chi connectivity index (χ3v) is 3.98. The highest BCUT2D eigenvalue weighted by atomic mass is 16.1. The van der Waals surface area contributed by atoms with Gasteiger partial charge >= 0.3 is 0 Å². The van der Waals surface area contributed by atoms with E-state index in [1.54, 1.807) is 12.1 Å². The summed E-state index contributed by atoms with van der Waals surface area (Å²) in [5.74, 6) is 0.590. The van der Waals surface area contributed by atoms with E-state index in [0.29, 0.717) is 5.56 Å². The van der Waals surface area contributed by atoms with Gasteiger partial charge in [0.2, 0.25) is 0 Å². The zero-order valence-corrected chi connectivity index (χ0v) is 13.9. The summed E-state index contributed by atoms with van der Waals surface area (Å²) in [5.41, 5.74) is 3.09. The van der Waals surface area contributed by atoms with E-state index in [4.69, 9.17) is 0 Å². The summed E-state index contributed by atoms with van der Waals surface area (Å²) < 4.78 is 0. The van der Waals surface area contributed by atoms with Gasteiger partial charge in [-0.1, -0.05) is 30.3 Å². The minimum atomic E-state index is -0.143. The molecule has 4 rings (SSSR count). The standard InChI is InChI=1S/C21H16N4O/c26-21(25-16-6-2-1-3-7-16)15-10-12-17(13-11-15)24-20-18-8-4-5-9-19(18)22-14-23-20/h1-14H,(H,25,26)(H,22,23,24). The Morgan fingerprint density at radius 1 is 0.731 bits per heavy atom. The van der Waals surface area contributed by atoms with Crippen LogP contribution in [0, 0.1) is 0 Å². The number of hydrogen-bond acceptors (Lipinski definition) is 4. The topological polar surface area (TPSA) is 66.9 Å². The first-order chi connectivity index (χ1) is 12.8. The molecule has 126 valence electrons. The van der Waals surface area contributed by atoms with Crippen LogP contribution >= 0.6 is 0 Å². The molecule has 4 aromatic rings. The first-order valence-electron chi connectivity index (χ1n) is 8.23. The predicted octanol–water partition coefficient (Wildman–Crippen LogP) is 4.63. The lowest BCUT2D eigenvalue weighted by Gasteiger charge is -2.09. The number of rotatable bonds is 4. The van der Waals surface area contributed by atoms with Crippen molar-refractivity contribution in [2.45, 2.75) is 0 Å². The van der Waals surface area contributed by atoms with Crippen molar-refractivity contribution < 1.29 is 4.79 Å². The molecule has 5 heteroatoms. The van der Waals surface area contributed by atoms with Gasteiger partial charge in [-0.2, -0.15) is 0 Å². The molecule has 0 fully saturated rings. The highest BCUT2D eigenvalue weighted by Gasteiger charge is 2.07. The van der Waals surface area contributed by atoms with Gasteiger partial charge in [-0.15, -0.1) is 0 Å². The maximum atomic E-state index is 12.3. The molecule has 0 spiro atoms. The summed E-state index contributed by atoms with van der Waals surface area (Å²) in [6, 6.07) is 24.5. The van der Waals surface area contributed by atoms with E-state index in [1.165, 1.54) is 6.33 Å². The number of nitrogens with zero attached hydrogens (tertiary/aromatic N) is 2. The highest BCUT2D eigenvalue weighted by Crippen LogP contribution is 2.23. The molecule has 0 aliphatic heterocycles. The lowest BCUT2D eigenvalue weighted by molar-refractivity contribution is 0.102. The first kappa shape index (κ1) is 15.8. The molecule has 2 N–H and O–H groups in total. The quantitative estimate of drug-likeness (QED) is 0.568. The highest BCUT2D eigenvalue weighted by molar-refractivity contribution is 6.04. The molecule has 1 aromatic heterocycles. The molecule has 0 bridgehead atoms. The van der Waals surface area contributed by atoms with Crippen LogP contribution in [0.25, 0.3) is 10.9 Å². The van der Waals surface area contributed by atoms with Gasteiger partial charge in [-0.05, 0) is 48.5 Å². The molecular weight excluding hydrogens is 324 g/mol. The molecule has 0 saturated heterocycles. The number of benzene rings is 3. The average Bonchev–Trinajstić information content (AvgIpc) is 2.70. The third kappa shape index (κ3) is 3.37. The van der Waals surface area contributed by atoms with Crippen LogP contribution in [0.5, 0.6) is 0 Å². The van der Waals surface area contributed by atoms with Gasteiger partial charge < -0.3 is 10.6 Å². The van der Waals surface area contributed by atoms with Gasteiger partial charge in [0.25, 0.3) is 5.91 Å². The molecule has 0 radical (unpaired) electrons. The summed E-state index contributed by atoms with van der Waals surface area (Å²) in [5, 5.41) is 7.10. The Kier molecular flexibility index (Phi) is 4.26. The zero-order valence-electron chi connectivity index (χ0n) is 13.9. The van der Waals surface area contributed by atoms with E-state index in [0.717, 1.165) is 28.1 Å². The number of anilines is 3. The van der Waals surface area contributed by atoms with E-state index in [-0.39, 0.29) is 5.91 Å². The molecular formula is C21H16N4O.